The third-order valence-corrected chi connectivity index (χ3v) is 1.36. The van der Waals surface area contributed by atoms with Gasteiger partial charge in [-0.05, 0) is 17.7 Å². The number of nitriles is 1. The Balaban J connectivity index is 2.85. The highest BCUT2D eigenvalue weighted by Gasteiger charge is 1.91. The van der Waals surface area contributed by atoms with E-state index in [0.717, 1.165) is 5.56 Å². The van der Waals surface area contributed by atoms with Crippen molar-refractivity contribution in [2.75, 3.05) is 0 Å². The minimum atomic E-state index is 0.593. The molecule has 0 bridgehead atoms. The van der Waals surface area contributed by atoms with Crippen LogP contribution in [-0.2, 0) is 6.54 Å². The van der Waals surface area contributed by atoms with Crippen molar-refractivity contribution in [2.45, 2.75) is 6.54 Å². The molecule has 11 heavy (non-hydrogen) atoms. The van der Waals surface area contributed by atoms with Crippen LogP contribution >= 0.6 is 0 Å². The number of benzene rings is 1. The highest BCUT2D eigenvalue weighted by atomic mass is 15.2. The Morgan fingerprint density at radius 1 is 1.55 bits per heavy atom. The first-order chi connectivity index (χ1) is 5.36. The smallest absolute Gasteiger partial charge is 0.0991 e. The van der Waals surface area contributed by atoms with E-state index in [1.807, 2.05) is 12.1 Å². The second-order valence-corrected chi connectivity index (χ2v) is 2.19. The van der Waals surface area contributed by atoms with Crippen molar-refractivity contribution < 1.29 is 0 Å². The summed E-state index contributed by atoms with van der Waals surface area (Å²) in [4.78, 5) is 0. The van der Waals surface area contributed by atoms with Crippen LogP contribution in [-0.4, -0.2) is 0 Å². The number of hydrazine groups is 1. The number of nitrogens with two attached hydrogens (primary N) is 1. The zero-order valence-corrected chi connectivity index (χ0v) is 6.04. The molecule has 3 nitrogen and oxygen atoms in total. The van der Waals surface area contributed by atoms with Gasteiger partial charge in [-0.1, -0.05) is 12.1 Å². The minimum Gasteiger partial charge on any atom is -0.271 e. The van der Waals surface area contributed by atoms with E-state index in [-0.39, 0.29) is 0 Å². The SMILES string of the molecule is N#Cc1cccc(CNN)c1. The molecular formula is C8H9N3. The van der Waals surface area contributed by atoms with E-state index in [1.165, 1.54) is 0 Å². The van der Waals surface area contributed by atoms with Crippen molar-refractivity contribution >= 4 is 0 Å². The van der Waals surface area contributed by atoms with Gasteiger partial charge in [0.2, 0.25) is 0 Å². The average molecular weight is 147 g/mol. The second kappa shape index (κ2) is 3.71. The quantitative estimate of drug-likeness (QED) is 0.473. The lowest BCUT2D eigenvalue weighted by Crippen LogP contribution is -2.20. The number of nitrogens with zero attached hydrogens (tertiary/aromatic N) is 1. The molecule has 0 spiro atoms. The molecule has 0 amide bonds. The molecule has 0 aliphatic rings. The van der Waals surface area contributed by atoms with Gasteiger partial charge in [0.1, 0.15) is 0 Å². The summed E-state index contributed by atoms with van der Waals surface area (Å²) in [5.41, 5.74) is 4.21. The number of hydrogen-bond acceptors (Lipinski definition) is 3. The molecule has 1 rings (SSSR count). The van der Waals surface area contributed by atoms with E-state index in [9.17, 15) is 0 Å². The van der Waals surface area contributed by atoms with Crippen LogP contribution in [0.15, 0.2) is 24.3 Å². The summed E-state index contributed by atoms with van der Waals surface area (Å²) in [7, 11) is 0. The van der Waals surface area contributed by atoms with Crippen molar-refractivity contribution in [3.05, 3.63) is 35.4 Å². The normalized spacial score (nSPS) is 9.09. The molecule has 0 atom stereocenters. The lowest BCUT2D eigenvalue weighted by molar-refractivity contribution is 0.741. The van der Waals surface area contributed by atoms with E-state index in [4.69, 9.17) is 11.1 Å². The fourth-order valence-corrected chi connectivity index (χ4v) is 0.869. The zero-order valence-electron chi connectivity index (χ0n) is 6.04. The molecule has 0 fully saturated rings. The maximum absolute atomic E-state index is 8.53. The lowest BCUT2D eigenvalue weighted by atomic mass is 10.1. The fraction of sp³-hybridized carbons (Fsp3) is 0.125. The van der Waals surface area contributed by atoms with Gasteiger partial charge in [0.25, 0.3) is 0 Å². The van der Waals surface area contributed by atoms with E-state index in [0.29, 0.717) is 12.1 Å². The Labute approximate surface area is 65.4 Å². The van der Waals surface area contributed by atoms with Crippen molar-refractivity contribution in [1.29, 1.82) is 5.26 Å². The maximum atomic E-state index is 8.53. The summed E-state index contributed by atoms with van der Waals surface area (Å²) in [5.74, 6) is 5.12. The molecule has 3 N–H and O–H groups in total. The van der Waals surface area contributed by atoms with Crippen LogP contribution < -0.4 is 11.3 Å². The third-order valence-electron chi connectivity index (χ3n) is 1.36. The summed E-state index contributed by atoms with van der Waals surface area (Å²) >= 11 is 0. The van der Waals surface area contributed by atoms with Crippen molar-refractivity contribution in [3.63, 3.8) is 0 Å². The molecule has 0 unspecified atom stereocenters. The Kier molecular flexibility index (Phi) is 2.61. The first-order valence-corrected chi connectivity index (χ1v) is 3.29. The van der Waals surface area contributed by atoms with Crippen LogP contribution in [0.1, 0.15) is 11.1 Å². The molecule has 0 aromatic heterocycles. The van der Waals surface area contributed by atoms with Crippen LogP contribution in [0, 0.1) is 11.3 Å². The van der Waals surface area contributed by atoms with E-state index in [1.54, 1.807) is 12.1 Å². The van der Waals surface area contributed by atoms with Gasteiger partial charge in [0.15, 0.2) is 0 Å². The van der Waals surface area contributed by atoms with Gasteiger partial charge in [-0.25, -0.2) is 0 Å². The lowest BCUT2D eigenvalue weighted by Gasteiger charge is -1.98. The topological polar surface area (TPSA) is 61.8 Å². The fourth-order valence-electron chi connectivity index (χ4n) is 0.869. The molecule has 56 valence electrons. The van der Waals surface area contributed by atoms with Crippen molar-refractivity contribution in [3.8, 4) is 6.07 Å². The van der Waals surface area contributed by atoms with Crippen LogP contribution in [0.2, 0.25) is 0 Å². The van der Waals surface area contributed by atoms with Gasteiger partial charge in [-0.2, -0.15) is 5.26 Å². The van der Waals surface area contributed by atoms with E-state index < -0.39 is 0 Å². The Morgan fingerprint density at radius 2 is 2.36 bits per heavy atom. The highest BCUT2D eigenvalue weighted by Crippen LogP contribution is 2.02. The summed E-state index contributed by atoms with van der Waals surface area (Å²) in [5, 5.41) is 8.53. The van der Waals surface area contributed by atoms with Gasteiger partial charge in [0.05, 0.1) is 11.6 Å². The number of nitrogens with one attached hydrogen (secondary N) is 1. The summed E-state index contributed by atoms with van der Waals surface area (Å²) in [6.45, 7) is 0.593. The summed E-state index contributed by atoms with van der Waals surface area (Å²) in [6, 6.07) is 9.38. The monoisotopic (exact) mass is 147 g/mol. The first kappa shape index (κ1) is 7.73. The van der Waals surface area contributed by atoms with Crippen LogP contribution in [0.4, 0.5) is 0 Å². The minimum absolute atomic E-state index is 0.593. The molecule has 0 aliphatic carbocycles. The Morgan fingerprint density at radius 3 is 3.00 bits per heavy atom. The molecule has 1 aromatic carbocycles. The first-order valence-electron chi connectivity index (χ1n) is 3.29. The van der Waals surface area contributed by atoms with Gasteiger partial charge in [0, 0.05) is 6.54 Å². The van der Waals surface area contributed by atoms with E-state index in [2.05, 4.69) is 11.5 Å². The zero-order chi connectivity index (χ0) is 8.10. The average Bonchev–Trinajstić information content (AvgIpc) is 2.06. The summed E-state index contributed by atoms with van der Waals surface area (Å²) in [6.07, 6.45) is 0. The van der Waals surface area contributed by atoms with Gasteiger partial charge in [-0.15, -0.1) is 0 Å². The summed E-state index contributed by atoms with van der Waals surface area (Å²) < 4.78 is 0. The molecule has 0 saturated heterocycles. The molecule has 0 saturated carbocycles. The van der Waals surface area contributed by atoms with Crippen molar-refractivity contribution in [2.24, 2.45) is 5.84 Å². The largest absolute Gasteiger partial charge is 0.271 e. The standard InChI is InChI=1S/C8H9N3/c9-5-7-2-1-3-8(4-7)6-11-10/h1-4,11H,6,10H2. The molecule has 0 heterocycles. The van der Waals surface area contributed by atoms with E-state index >= 15 is 0 Å². The highest BCUT2D eigenvalue weighted by molar-refractivity contribution is 5.32. The van der Waals surface area contributed by atoms with Gasteiger partial charge in [-0.3, -0.25) is 11.3 Å². The molecule has 1 aromatic rings. The maximum Gasteiger partial charge on any atom is 0.0991 e. The third kappa shape index (κ3) is 2.04. The van der Waals surface area contributed by atoms with Crippen molar-refractivity contribution in [1.82, 2.24) is 5.43 Å². The molecular weight excluding hydrogens is 138 g/mol. The predicted molar refractivity (Wildman–Crippen MR) is 42.2 cm³/mol. The van der Waals surface area contributed by atoms with Crippen LogP contribution in [0.5, 0.6) is 0 Å². The second-order valence-electron chi connectivity index (χ2n) is 2.19. The van der Waals surface area contributed by atoms with Crippen LogP contribution in [0.3, 0.4) is 0 Å². The molecule has 0 radical (unpaired) electrons. The Bertz CT molecular complexity index is 275. The molecule has 3 heteroatoms. The predicted octanol–water partition coefficient (Wildman–Crippen LogP) is 0.522. The van der Waals surface area contributed by atoms with Gasteiger partial charge >= 0.3 is 0 Å². The van der Waals surface area contributed by atoms with Crippen LogP contribution in [0.25, 0.3) is 0 Å². The Hall–Kier alpha value is -1.37. The van der Waals surface area contributed by atoms with Gasteiger partial charge < -0.3 is 0 Å². The number of rotatable bonds is 2. The number of hydrogen-bond donors (Lipinski definition) is 2. The molecule has 0 aliphatic heterocycles.